The Kier molecular flexibility index (Phi) is 4.19. The van der Waals surface area contributed by atoms with Crippen LogP contribution in [0.25, 0.3) is 5.69 Å². The second-order valence-electron chi connectivity index (χ2n) is 7.75. The van der Waals surface area contributed by atoms with Gasteiger partial charge in [-0.15, -0.1) is 0 Å². The molecule has 0 bridgehead atoms. The van der Waals surface area contributed by atoms with E-state index < -0.39 is 5.54 Å². The highest BCUT2D eigenvalue weighted by Crippen LogP contribution is 2.37. The van der Waals surface area contributed by atoms with Gasteiger partial charge in [0.25, 0.3) is 5.91 Å². The van der Waals surface area contributed by atoms with Gasteiger partial charge in [0, 0.05) is 23.6 Å². The smallest absolute Gasteiger partial charge is 0.252 e. The number of amides is 2. The van der Waals surface area contributed by atoms with E-state index in [4.69, 9.17) is 0 Å². The fourth-order valence-corrected chi connectivity index (χ4v) is 4.01. The summed E-state index contributed by atoms with van der Waals surface area (Å²) in [6.07, 6.45) is 6.62. The van der Waals surface area contributed by atoms with Gasteiger partial charge in [-0.25, -0.2) is 4.98 Å². The number of nitrogens with zero attached hydrogens (tertiary/aromatic N) is 2. The summed E-state index contributed by atoms with van der Waals surface area (Å²) in [6, 6.07) is 17.0. The molecule has 0 spiro atoms. The summed E-state index contributed by atoms with van der Waals surface area (Å²) in [5, 5.41) is 6.10. The second kappa shape index (κ2) is 6.88. The summed E-state index contributed by atoms with van der Waals surface area (Å²) in [7, 11) is 0. The first-order valence-electron chi connectivity index (χ1n) is 9.96. The van der Waals surface area contributed by atoms with Gasteiger partial charge < -0.3 is 15.2 Å². The SMILES string of the molecule is O=C(NC1(C(=O)NC2CCc3ccccc3-n3ccnc32)CC1)c1ccccc1. The van der Waals surface area contributed by atoms with Crippen LogP contribution >= 0.6 is 0 Å². The van der Waals surface area contributed by atoms with Gasteiger partial charge in [0.15, 0.2) is 0 Å². The molecule has 1 saturated carbocycles. The van der Waals surface area contributed by atoms with Gasteiger partial charge in [0.1, 0.15) is 11.4 Å². The van der Waals surface area contributed by atoms with Gasteiger partial charge >= 0.3 is 0 Å². The normalized spacial score (nSPS) is 18.7. The molecule has 2 heterocycles. The molecule has 0 radical (unpaired) electrons. The molecule has 5 rings (SSSR count). The molecule has 1 atom stereocenters. The molecule has 1 aliphatic carbocycles. The number of fused-ring (bicyclic) bond motifs is 3. The van der Waals surface area contributed by atoms with Crippen molar-refractivity contribution < 1.29 is 9.59 Å². The molecule has 1 aliphatic heterocycles. The van der Waals surface area contributed by atoms with Crippen LogP contribution in [0.15, 0.2) is 67.0 Å². The van der Waals surface area contributed by atoms with Crippen LogP contribution in [-0.2, 0) is 11.2 Å². The third-order valence-electron chi connectivity index (χ3n) is 5.81. The van der Waals surface area contributed by atoms with Crippen LogP contribution in [0, 0.1) is 0 Å². The van der Waals surface area contributed by atoms with Crippen molar-refractivity contribution in [2.24, 2.45) is 0 Å². The quantitative estimate of drug-likeness (QED) is 0.724. The molecule has 1 unspecified atom stereocenters. The predicted molar refractivity (Wildman–Crippen MR) is 109 cm³/mol. The first kappa shape index (κ1) is 17.7. The Balaban J connectivity index is 1.34. The minimum absolute atomic E-state index is 0.132. The van der Waals surface area contributed by atoms with Crippen molar-refractivity contribution >= 4 is 11.8 Å². The maximum absolute atomic E-state index is 13.1. The number of nitrogens with one attached hydrogen (secondary N) is 2. The maximum Gasteiger partial charge on any atom is 0.252 e. The molecular weight excluding hydrogens is 364 g/mol. The third kappa shape index (κ3) is 3.20. The highest BCUT2D eigenvalue weighted by atomic mass is 16.2. The molecule has 2 amide bonds. The lowest BCUT2D eigenvalue weighted by Gasteiger charge is -2.22. The average molecular weight is 386 g/mol. The first-order chi connectivity index (χ1) is 14.2. The Bertz CT molecular complexity index is 1070. The van der Waals surface area contributed by atoms with Crippen LogP contribution in [0.3, 0.4) is 0 Å². The number of hydrogen-bond donors (Lipinski definition) is 2. The number of carbonyl (C=O) groups excluding carboxylic acids is 2. The Morgan fingerprint density at radius 3 is 2.59 bits per heavy atom. The Labute approximate surface area is 169 Å². The number of rotatable bonds is 4. The second-order valence-corrected chi connectivity index (χ2v) is 7.75. The van der Waals surface area contributed by atoms with E-state index in [2.05, 4.69) is 32.3 Å². The molecule has 3 aromatic rings. The lowest BCUT2D eigenvalue weighted by atomic mass is 10.0. The van der Waals surface area contributed by atoms with Crippen LogP contribution in [0.2, 0.25) is 0 Å². The van der Waals surface area contributed by atoms with E-state index in [1.165, 1.54) is 5.56 Å². The Hall–Kier alpha value is -3.41. The molecule has 6 nitrogen and oxygen atoms in total. The van der Waals surface area contributed by atoms with Crippen molar-refractivity contribution in [3.8, 4) is 5.69 Å². The molecule has 6 heteroatoms. The largest absolute Gasteiger partial charge is 0.344 e. The van der Waals surface area contributed by atoms with E-state index in [1.54, 1.807) is 18.3 Å². The number of imidazole rings is 1. The van der Waals surface area contributed by atoms with Crippen LogP contribution in [0.4, 0.5) is 0 Å². The van der Waals surface area contributed by atoms with Crippen LogP contribution < -0.4 is 10.6 Å². The highest BCUT2D eigenvalue weighted by Gasteiger charge is 2.52. The highest BCUT2D eigenvalue weighted by molar-refractivity contribution is 6.00. The number of benzene rings is 2. The van der Waals surface area contributed by atoms with Crippen molar-refractivity contribution in [3.63, 3.8) is 0 Å². The van der Waals surface area contributed by atoms with Crippen LogP contribution in [0.5, 0.6) is 0 Å². The van der Waals surface area contributed by atoms with Crippen molar-refractivity contribution in [1.29, 1.82) is 0 Å². The van der Waals surface area contributed by atoms with Crippen LogP contribution in [-0.4, -0.2) is 26.9 Å². The van der Waals surface area contributed by atoms with E-state index in [9.17, 15) is 9.59 Å². The molecule has 1 fully saturated rings. The fourth-order valence-electron chi connectivity index (χ4n) is 4.01. The first-order valence-corrected chi connectivity index (χ1v) is 9.96. The van der Waals surface area contributed by atoms with Gasteiger partial charge in [-0.05, 0) is 49.4 Å². The summed E-state index contributed by atoms with van der Waals surface area (Å²) in [5.74, 6) is 0.480. The number of aromatic nitrogens is 2. The zero-order valence-electron chi connectivity index (χ0n) is 16.0. The van der Waals surface area contributed by atoms with Crippen molar-refractivity contribution in [2.75, 3.05) is 0 Å². The molecule has 29 heavy (non-hydrogen) atoms. The zero-order chi connectivity index (χ0) is 19.8. The van der Waals surface area contributed by atoms with E-state index in [-0.39, 0.29) is 17.9 Å². The fraction of sp³-hybridized carbons (Fsp3) is 0.261. The number of hydrogen-bond acceptors (Lipinski definition) is 3. The summed E-state index contributed by atoms with van der Waals surface area (Å²) in [5.41, 5.74) is 2.09. The van der Waals surface area contributed by atoms with Gasteiger partial charge in [-0.2, -0.15) is 0 Å². The van der Waals surface area contributed by atoms with E-state index in [0.717, 1.165) is 24.4 Å². The monoisotopic (exact) mass is 386 g/mol. The summed E-state index contributed by atoms with van der Waals surface area (Å²) >= 11 is 0. The van der Waals surface area contributed by atoms with Crippen molar-refractivity contribution in [1.82, 2.24) is 20.2 Å². The van der Waals surface area contributed by atoms with Gasteiger partial charge in [-0.3, -0.25) is 9.59 Å². The molecule has 2 N–H and O–H groups in total. The van der Waals surface area contributed by atoms with Gasteiger partial charge in [-0.1, -0.05) is 36.4 Å². The summed E-state index contributed by atoms with van der Waals surface area (Å²) < 4.78 is 2.05. The molecule has 146 valence electrons. The number of carbonyl (C=O) groups is 2. The molecular formula is C23H22N4O2. The number of para-hydroxylation sites is 1. The van der Waals surface area contributed by atoms with E-state index in [1.807, 2.05) is 36.5 Å². The topological polar surface area (TPSA) is 76.0 Å². The lowest BCUT2D eigenvalue weighted by molar-refractivity contribution is -0.124. The Morgan fingerprint density at radius 1 is 1.03 bits per heavy atom. The summed E-state index contributed by atoms with van der Waals surface area (Å²) in [4.78, 5) is 30.2. The molecule has 2 aliphatic rings. The predicted octanol–water partition coefficient (Wildman–Crippen LogP) is 2.94. The average Bonchev–Trinajstić information content (AvgIpc) is 3.41. The standard InChI is InChI=1S/C23H22N4O2/c28-21(17-7-2-1-3-8-17)26-23(12-13-23)22(29)25-18-11-10-16-6-4-5-9-19(16)27-15-14-24-20(18)27/h1-9,14-15,18H,10-13H2,(H,25,29)(H,26,28). The minimum Gasteiger partial charge on any atom is -0.344 e. The lowest BCUT2D eigenvalue weighted by Crippen LogP contribution is -2.50. The number of aryl methyl sites for hydroxylation is 1. The summed E-state index contributed by atoms with van der Waals surface area (Å²) in [6.45, 7) is 0. The van der Waals surface area contributed by atoms with Crippen molar-refractivity contribution in [3.05, 3.63) is 83.9 Å². The van der Waals surface area contributed by atoms with Gasteiger partial charge in [0.2, 0.25) is 5.91 Å². The third-order valence-corrected chi connectivity index (χ3v) is 5.81. The van der Waals surface area contributed by atoms with E-state index in [0.29, 0.717) is 18.4 Å². The van der Waals surface area contributed by atoms with Crippen LogP contribution in [0.1, 0.15) is 47.1 Å². The Morgan fingerprint density at radius 2 is 1.79 bits per heavy atom. The molecule has 2 aromatic carbocycles. The molecule has 1 aromatic heterocycles. The molecule has 0 saturated heterocycles. The van der Waals surface area contributed by atoms with Gasteiger partial charge in [0.05, 0.1) is 6.04 Å². The van der Waals surface area contributed by atoms with Crippen molar-refractivity contribution in [2.45, 2.75) is 37.3 Å². The minimum atomic E-state index is -0.816. The zero-order valence-corrected chi connectivity index (χ0v) is 16.0. The maximum atomic E-state index is 13.1. The van der Waals surface area contributed by atoms with E-state index >= 15 is 0 Å².